The molecule has 2 aromatic carbocycles. The van der Waals surface area contributed by atoms with Gasteiger partial charge in [0.25, 0.3) is 0 Å². The van der Waals surface area contributed by atoms with E-state index in [9.17, 15) is 5.11 Å². The number of hydrogen-bond donors (Lipinski definition) is 3. The minimum absolute atomic E-state index is 0.207. The molecule has 0 bridgehead atoms. The van der Waals surface area contributed by atoms with Crippen LogP contribution in [-0.2, 0) is 6.54 Å². The molecule has 0 radical (unpaired) electrons. The van der Waals surface area contributed by atoms with Gasteiger partial charge in [0.1, 0.15) is 11.6 Å². The van der Waals surface area contributed by atoms with E-state index in [4.69, 9.17) is 16.6 Å². The number of likely N-dealkylation sites (tertiary alicyclic amines) is 1. The van der Waals surface area contributed by atoms with Crippen molar-refractivity contribution >= 4 is 44.7 Å². The lowest BCUT2D eigenvalue weighted by Gasteiger charge is -2.32. The van der Waals surface area contributed by atoms with Gasteiger partial charge in [-0.3, -0.25) is 4.90 Å². The number of piperidine rings is 1. The number of rotatable bonds is 8. The minimum Gasteiger partial charge on any atom is -0.507 e. The van der Waals surface area contributed by atoms with Crippen molar-refractivity contribution in [3.05, 3.63) is 106 Å². The van der Waals surface area contributed by atoms with Crippen molar-refractivity contribution in [1.82, 2.24) is 19.5 Å². The molecule has 0 saturated carbocycles. The van der Waals surface area contributed by atoms with Crippen LogP contribution in [0.15, 0.2) is 100 Å². The highest BCUT2D eigenvalue weighted by Gasteiger charge is 2.21. The van der Waals surface area contributed by atoms with Crippen molar-refractivity contribution in [3.63, 3.8) is 0 Å². The van der Waals surface area contributed by atoms with Gasteiger partial charge >= 0.3 is 0 Å². The molecule has 1 saturated heterocycles. The Morgan fingerprint density at radius 1 is 1.05 bits per heavy atom. The molecule has 0 unspecified atom stereocenters. The van der Waals surface area contributed by atoms with Gasteiger partial charge in [0, 0.05) is 47.6 Å². The molecule has 9 heteroatoms. The Bertz CT molecular complexity index is 1640. The molecule has 1 fully saturated rings. The molecule has 0 amide bonds. The topological polar surface area (TPSA) is 77.7 Å². The zero-order valence-corrected chi connectivity index (χ0v) is 24.9. The minimum atomic E-state index is 0.207. The van der Waals surface area contributed by atoms with Crippen LogP contribution in [0.1, 0.15) is 24.8 Å². The predicted molar refractivity (Wildman–Crippen MR) is 170 cm³/mol. The maximum atomic E-state index is 10.4. The van der Waals surface area contributed by atoms with Crippen LogP contribution in [0.25, 0.3) is 16.9 Å². The molecule has 2 aromatic heterocycles. The van der Waals surface area contributed by atoms with Gasteiger partial charge in [0.2, 0.25) is 0 Å². The SMILES string of the molecule is Oc1ccccc1-c1cc(NCC2CCN(Cc3ccccc3NC3=CC=C(Cl)CC=C3)CC2)n2ncc(Br)c2n1. The van der Waals surface area contributed by atoms with Crippen LogP contribution in [0.4, 0.5) is 11.5 Å². The molecular formula is C32H32BrClN6O. The summed E-state index contributed by atoms with van der Waals surface area (Å²) in [5, 5.41) is 23.0. The lowest BCUT2D eigenvalue weighted by molar-refractivity contribution is 0.182. The van der Waals surface area contributed by atoms with Gasteiger partial charge in [-0.25, -0.2) is 4.98 Å². The molecule has 0 atom stereocenters. The second-order valence-corrected chi connectivity index (χ2v) is 11.8. The summed E-state index contributed by atoms with van der Waals surface area (Å²) in [6.45, 7) is 3.85. The first kappa shape index (κ1) is 27.6. The third-order valence-corrected chi connectivity index (χ3v) is 8.47. The number of allylic oxidation sites excluding steroid dienone is 5. The molecule has 7 nitrogen and oxygen atoms in total. The fourth-order valence-electron chi connectivity index (χ4n) is 5.35. The van der Waals surface area contributed by atoms with Crippen LogP contribution in [0, 0.1) is 5.92 Å². The zero-order valence-electron chi connectivity index (χ0n) is 22.6. The highest BCUT2D eigenvalue weighted by atomic mass is 79.9. The number of phenolic OH excluding ortho intramolecular Hbond substituents is 1. The van der Waals surface area contributed by atoms with Gasteiger partial charge in [0.05, 0.1) is 16.4 Å². The van der Waals surface area contributed by atoms with Crippen LogP contribution >= 0.6 is 27.5 Å². The van der Waals surface area contributed by atoms with Crippen LogP contribution in [0.3, 0.4) is 0 Å². The summed E-state index contributed by atoms with van der Waals surface area (Å²) in [5.74, 6) is 1.62. The number of hydrogen-bond acceptors (Lipinski definition) is 6. The molecular weight excluding hydrogens is 600 g/mol. The molecule has 2 aliphatic rings. The Morgan fingerprint density at radius 3 is 2.71 bits per heavy atom. The van der Waals surface area contributed by atoms with E-state index in [0.717, 1.165) is 72.1 Å². The van der Waals surface area contributed by atoms with Gasteiger partial charge in [-0.15, -0.1) is 0 Å². The van der Waals surface area contributed by atoms with Crippen LogP contribution in [0.2, 0.25) is 0 Å². The molecule has 1 aliphatic carbocycles. The molecule has 3 N–H and O–H groups in total. The maximum Gasteiger partial charge on any atom is 0.172 e. The van der Waals surface area contributed by atoms with Crippen molar-refractivity contribution < 1.29 is 5.11 Å². The van der Waals surface area contributed by atoms with Crippen molar-refractivity contribution in [1.29, 1.82) is 0 Å². The summed E-state index contributed by atoms with van der Waals surface area (Å²) in [6, 6.07) is 17.8. The number of fused-ring (bicyclic) bond motifs is 1. The van der Waals surface area contributed by atoms with Crippen molar-refractivity contribution in [3.8, 4) is 17.0 Å². The first-order valence-corrected chi connectivity index (χ1v) is 15.1. The third kappa shape index (κ3) is 6.50. The summed E-state index contributed by atoms with van der Waals surface area (Å²) in [7, 11) is 0. The first-order chi connectivity index (χ1) is 20.0. The summed E-state index contributed by atoms with van der Waals surface area (Å²) in [4.78, 5) is 7.29. The van der Waals surface area contributed by atoms with Gasteiger partial charge < -0.3 is 15.7 Å². The Hall–Kier alpha value is -3.59. The van der Waals surface area contributed by atoms with Crippen LogP contribution in [-0.4, -0.2) is 44.2 Å². The van der Waals surface area contributed by atoms with E-state index in [1.54, 1.807) is 12.3 Å². The monoisotopic (exact) mass is 630 g/mol. The van der Waals surface area contributed by atoms with E-state index in [2.05, 4.69) is 73.0 Å². The standard InChI is InChI=1S/C32H32BrClN6O/c33-27-20-36-40-31(18-29(38-32(27)40)26-9-2-4-11-30(26)41)35-19-22-14-16-39(17-15-22)21-23-6-1-3-10-28(23)37-25-8-5-7-24(34)12-13-25/h1-6,8-13,18,20,22,35,37,41H,7,14-17,19,21H2. The van der Waals surface area contributed by atoms with E-state index in [0.29, 0.717) is 22.8 Å². The number of benzene rings is 2. The van der Waals surface area contributed by atoms with Crippen molar-refractivity contribution in [2.75, 3.05) is 30.3 Å². The second-order valence-electron chi connectivity index (χ2n) is 10.5. The summed E-state index contributed by atoms with van der Waals surface area (Å²) in [5.41, 5.74) is 5.57. The smallest absolute Gasteiger partial charge is 0.172 e. The molecule has 4 aromatic rings. The van der Waals surface area contributed by atoms with Gasteiger partial charge in [-0.2, -0.15) is 9.61 Å². The average molecular weight is 632 g/mol. The second kappa shape index (κ2) is 12.5. The van der Waals surface area contributed by atoms with Crippen LogP contribution < -0.4 is 10.6 Å². The summed E-state index contributed by atoms with van der Waals surface area (Å²) < 4.78 is 2.63. The largest absolute Gasteiger partial charge is 0.507 e. The first-order valence-electron chi connectivity index (χ1n) is 13.9. The molecule has 41 heavy (non-hydrogen) atoms. The molecule has 1 aliphatic heterocycles. The zero-order chi connectivity index (χ0) is 28.2. The number of nitrogens with one attached hydrogen (secondary N) is 2. The number of aromatic hydroxyl groups is 1. The molecule has 210 valence electrons. The fraction of sp³-hybridized carbons (Fsp3) is 0.250. The van der Waals surface area contributed by atoms with Crippen LogP contribution in [0.5, 0.6) is 5.75 Å². The summed E-state index contributed by atoms with van der Waals surface area (Å²) >= 11 is 9.76. The lowest BCUT2D eigenvalue weighted by Crippen LogP contribution is -2.35. The quantitative estimate of drug-likeness (QED) is 0.186. The molecule has 6 rings (SSSR count). The number of phenols is 1. The fourth-order valence-corrected chi connectivity index (χ4v) is 5.85. The third-order valence-electron chi connectivity index (χ3n) is 7.63. The Balaban J connectivity index is 1.09. The van der Waals surface area contributed by atoms with Gasteiger partial charge in [-0.05, 0) is 89.8 Å². The number of aromatic nitrogens is 3. The maximum absolute atomic E-state index is 10.4. The highest BCUT2D eigenvalue weighted by Crippen LogP contribution is 2.32. The number of nitrogens with zero attached hydrogens (tertiary/aromatic N) is 4. The van der Waals surface area contributed by atoms with E-state index < -0.39 is 0 Å². The van der Waals surface area contributed by atoms with Gasteiger partial charge in [-0.1, -0.05) is 48.0 Å². The van der Waals surface area contributed by atoms with Crippen molar-refractivity contribution in [2.24, 2.45) is 5.92 Å². The predicted octanol–water partition coefficient (Wildman–Crippen LogP) is 7.57. The summed E-state index contributed by atoms with van der Waals surface area (Å²) in [6.07, 6.45) is 12.9. The molecule has 0 spiro atoms. The number of anilines is 2. The number of halogens is 2. The van der Waals surface area contributed by atoms with Crippen molar-refractivity contribution in [2.45, 2.75) is 25.8 Å². The number of para-hydroxylation sites is 2. The Kier molecular flexibility index (Phi) is 8.41. The highest BCUT2D eigenvalue weighted by molar-refractivity contribution is 9.10. The Labute approximate surface area is 253 Å². The Morgan fingerprint density at radius 2 is 1.85 bits per heavy atom. The normalized spacial score (nSPS) is 16.3. The van der Waals surface area contributed by atoms with Gasteiger partial charge in [0.15, 0.2) is 5.65 Å². The average Bonchev–Trinajstić information content (AvgIpc) is 3.24. The van der Waals surface area contributed by atoms with E-state index in [1.807, 2.05) is 40.9 Å². The van der Waals surface area contributed by atoms with E-state index in [1.165, 1.54) is 5.56 Å². The molecule has 3 heterocycles. The van der Waals surface area contributed by atoms with E-state index >= 15 is 0 Å². The van der Waals surface area contributed by atoms with E-state index in [-0.39, 0.29) is 5.75 Å². The lowest BCUT2D eigenvalue weighted by atomic mass is 9.96.